The van der Waals surface area contributed by atoms with Crippen molar-refractivity contribution in [1.82, 2.24) is 19.9 Å². The number of sulfonamides is 1. The van der Waals surface area contributed by atoms with E-state index in [0.29, 0.717) is 17.3 Å². The molecule has 1 fully saturated rings. The molecule has 0 saturated carbocycles. The van der Waals surface area contributed by atoms with E-state index in [2.05, 4.69) is 41.7 Å². The summed E-state index contributed by atoms with van der Waals surface area (Å²) in [5, 5.41) is 4.05. The first kappa shape index (κ1) is 25.1. The maximum Gasteiger partial charge on any atom is 0.261 e. The van der Waals surface area contributed by atoms with Gasteiger partial charge in [-0.3, -0.25) is 4.72 Å². The normalized spacial score (nSPS) is 14.5. The fourth-order valence-electron chi connectivity index (χ4n) is 4.16. The van der Waals surface area contributed by atoms with Crippen LogP contribution < -0.4 is 14.9 Å². The molecule has 1 saturated heterocycles. The van der Waals surface area contributed by atoms with Crippen LogP contribution >= 0.6 is 11.3 Å². The summed E-state index contributed by atoms with van der Waals surface area (Å²) < 4.78 is 27.8. The van der Waals surface area contributed by atoms with E-state index >= 15 is 0 Å². The van der Waals surface area contributed by atoms with Gasteiger partial charge in [-0.2, -0.15) is 0 Å². The van der Waals surface area contributed by atoms with Crippen molar-refractivity contribution in [2.24, 2.45) is 0 Å². The van der Waals surface area contributed by atoms with Gasteiger partial charge < -0.3 is 15.1 Å². The number of thiazole rings is 1. The van der Waals surface area contributed by atoms with Crippen molar-refractivity contribution in [3.63, 3.8) is 0 Å². The van der Waals surface area contributed by atoms with Crippen LogP contribution in [-0.4, -0.2) is 61.0 Å². The minimum absolute atomic E-state index is 0.226. The minimum Gasteiger partial charge on any atom is -0.354 e. The van der Waals surface area contributed by atoms with Crippen LogP contribution in [0.1, 0.15) is 12.7 Å². The van der Waals surface area contributed by atoms with Crippen LogP contribution in [0.15, 0.2) is 71.8 Å². The third kappa shape index (κ3) is 6.07. The summed E-state index contributed by atoms with van der Waals surface area (Å²) in [7, 11) is -3.63. The highest BCUT2D eigenvalue weighted by molar-refractivity contribution is 7.92. The molecule has 2 aromatic carbocycles. The number of aromatic nitrogens is 3. The van der Waals surface area contributed by atoms with Gasteiger partial charge in [-0.1, -0.05) is 48.6 Å². The van der Waals surface area contributed by atoms with Gasteiger partial charge in [-0.25, -0.2) is 23.4 Å². The van der Waals surface area contributed by atoms with Gasteiger partial charge >= 0.3 is 0 Å². The summed E-state index contributed by atoms with van der Waals surface area (Å²) in [6, 6.07) is 17.5. The standard InChI is InChI=1S/C26H29N7O2S2/c1-3-32-13-15-33(16-14-32)25-17-24(28-19(2)29-25)30-26-27-18-23(36-26)20-9-11-21(12-10-20)31-37(34,35)22-7-5-4-6-8-22/h4-12,17-18,31H,3,13-16H2,1-2H3,(H,27,28,29,30). The van der Waals surface area contributed by atoms with E-state index in [1.165, 1.54) is 11.3 Å². The predicted octanol–water partition coefficient (Wildman–Crippen LogP) is 4.59. The van der Waals surface area contributed by atoms with Crippen LogP contribution in [-0.2, 0) is 10.0 Å². The summed E-state index contributed by atoms with van der Waals surface area (Å²) in [6.07, 6.45) is 1.80. The van der Waals surface area contributed by atoms with E-state index in [1.54, 1.807) is 48.7 Å². The largest absolute Gasteiger partial charge is 0.354 e. The molecule has 3 heterocycles. The second kappa shape index (κ2) is 10.8. The zero-order valence-electron chi connectivity index (χ0n) is 20.8. The average molecular weight is 536 g/mol. The molecule has 0 radical (unpaired) electrons. The fraction of sp³-hybridized carbons (Fsp3) is 0.269. The first-order valence-corrected chi connectivity index (χ1v) is 14.4. The van der Waals surface area contributed by atoms with Crippen LogP contribution in [0.5, 0.6) is 0 Å². The van der Waals surface area contributed by atoms with E-state index in [-0.39, 0.29) is 4.90 Å². The number of hydrogen-bond acceptors (Lipinski definition) is 9. The van der Waals surface area contributed by atoms with E-state index in [4.69, 9.17) is 0 Å². The Kier molecular flexibility index (Phi) is 7.36. The second-order valence-corrected chi connectivity index (χ2v) is 11.4. The Balaban J connectivity index is 1.26. The van der Waals surface area contributed by atoms with Gasteiger partial charge in [-0.15, -0.1) is 0 Å². The van der Waals surface area contributed by atoms with Crippen LogP contribution in [0.3, 0.4) is 0 Å². The molecule has 1 aliphatic heterocycles. The lowest BCUT2D eigenvalue weighted by atomic mass is 10.2. The summed E-state index contributed by atoms with van der Waals surface area (Å²) in [5.74, 6) is 2.35. The molecule has 0 bridgehead atoms. The number of piperazine rings is 1. The minimum atomic E-state index is -3.63. The Morgan fingerprint density at radius 3 is 2.41 bits per heavy atom. The molecular weight excluding hydrogens is 506 g/mol. The SMILES string of the molecule is CCN1CCN(c2cc(Nc3ncc(-c4ccc(NS(=O)(=O)c5ccccc5)cc4)s3)nc(C)n2)CC1. The molecule has 0 atom stereocenters. The molecule has 0 amide bonds. The number of anilines is 4. The van der Waals surface area contributed by atoms with Crippen molar-refractivity contribution in [1.29, 1.82) is 0 Å². The van der Waals surface area contributed by atoms with Gasteiger partial charge in [-0.05, 0) is 43.3 Å². The quantitative estimate of drug-likeness (QED) is 0.338. The van der Waals surface area contributed by atoms with Crippen molar-refractivity contribution in [3.8, 4) is 10.4 Å². The molecular formula is C26H29N7O2S2. The smallest absolute Gasteiger partial charge is 0.261 e. The van der Waals surface area contributed by atoms with E-state index < -0.39 is 10.0 Å². The monoisotopic (exact) mass is 535 g/mol. The molecule has 11 heteroatoms. The van der Waals surface area contributed by atoms with Crippen LogP contribution in [0.25, 0.3) is 10.4 Å². The van der Waals surface area contributed by atoms with Crippen molar-refractivity contribution < 1.29 is 8.42 Å². The number of hydrogen-bond donors (Lipinski definition) is 2. The number of nitrogens with one attached hydrogen (secondary N) is 2. The highest BCUT2D eigenvalue weighted by atomic mass is 32.2. The lowest BCUT2D eigenvalue weighted by molar-refractivity contribution is 0.270. The Morgan fingerprint density at radius 2 is 1.70 bits per heavy atom. The summed E-state index contributed by atoms with van der Waals surface area (Å²) >= 11 is 1.51. The summed E-state index contributed by atoms with van der Waals surface area (Å²) in [5.41, 5.74) is 1.45. The number of aryl methyl sites for hydroxylation is 1. The lowest BCUT2D eigenvalue weighted by Gasteiger charge is -2.34. The summed E-state index contributed by atoms with van der Waals surface area (Å²) in [4.78, 5) is 19.6. The predicted molar refractivity (Wildman–Crippen MR) is 149 cm³/mol. The third-order valence-electron chi connectivity index (χ3n) is 6.18. The maximum atomic E-state index is 12.6. The molecule has 2 N–H and O–H groups in total. The van der Waals surface area contributed by atoms with Crippen molar-refractivity contribution in [2.75, 3.05) is 47.7 Å². The number of nitrogens with zero attached hydrogens (tertiary/aromatic N) is 5. The zero-order valence-corrected chi connectivity index (χ0v) is 22.4. The topological polar surface area (TPSA) is 103 Å². The molecule has 4 aromatic rings. The van der Waals surface area contributed by atoms with Crippen molar-refractivity contribution in [3.05, 3.63) is 72.7 Å². The molecule has 0 spiro atoms. The highest BCUT2D eigenvalue weighted by Crippen LogP contribution is 2.32. The Labute approximate surface area is 221 Å². The first-order valence-electron chi connectivity index (χ1n) is 12.1. The van der Waals surface area contributed by atoms with E-state index in [0.717, 1.165) is 54.1 Å². The fourth-order valence-corrected chi connectivity index (χ4v) is 6.07. The molecule has 2 aromatic heterocycles. The van der Waals surface area contributed by atoms with Crippen LogP contribution in [0.2, 0.25) is 0 Å². The Hall–Kier alpha value is -3.54. The van der Waals surface area contributed by atoms with Crippen LogP contribution in [0, 0.1) is 6.92 Å². The molecule has 192 valence electrons. The van der Waals surface area contributed by atoms with Crippen molar-refractivity contribution >= 4 is 43.8 Å². The maximum absolute atomic E-state index is 12.6. The molecule has 37 heavy (non-hydrogen) atoms. The van der Waals surface area contributed by atoms with Crippen molar-refractivity contribution in [2.45, 2.75) is 18.7 Å². The Morgan fingerprint density at radius 1 is 0.973 bits per heavy atom. The number of likely N-dealkylation sites (N-methyl/N-ethyl adjacent to an activating group) is 1. The van der Waals surface area contributed by atoms with E-state index in [1.807, 2.05) is 25.1 Å². The van der Waals surface area contributed by atoms with E-state index in [9.17, 15) is 8.42 Å². The molecule has 5 rings (SSSR count). The number of rotatable bonds is 8. The number of benzene rings is 2. The van der Waals surface area contributed by atoms with Gasteiger partial charge in [0.05, 0.1) is 9.77 Å². The lowest BCUT2D eigenvalue weighted by Crippen LogP contribution is -2.46. The van der Waals surface area contributed by atoms with Crippen LogP contribution in [0.4, 0.5) is 22.5 Å². The molecule has 0 aliphatic carbocycles. The average Bonchev–Trinajstić information content (AvgIpc) is 3.37. The van der Waals surface area contributed by atoms with Gasteiger partial charge in [0.2, 0.25) is 0 Å². The molecule has 0 unspecified atom stereocenters. The second-order valence-electron chi connectivity index (χ2n) is 8.73. The summed E-state index contributed by atoms with van der Waals surface area (Å²) in [6.45, 7) is 9.12. The zero-order chi connectivity index (χ0) is 25.8. The van der Waals surface area contributed by atoms with Gasteiger partial charge in [0.25, 0.3) is 10.0 Å². The first-order chi connectivity index (χ1) is 17.9. The highest BCUT2D eigenvalue weighted by Gasteiger charge is 2.18. The molecule has 9 nitrogen and oxygen atoms in total. The van der Waals surface area contributed by atoms with Gasteiger partial charge in [0.1, 0.15) is 17.5 Å². The molecule has 1 aliphatic rings. The Bertz CT molecular complexity index is 1450. The van der Waals surface area contributed by atoms with Gasteiger partial charge in [0.15, 0.2) is 5.13 Å². The third-order valence-corrected chi connectivity index (χ3v) is 8.54. The van der Waals surface area contributed by atoms with Gasteiger partial charge in [0, 0.05) is 44.1 Å².